The van der Waals surface area contributed by atoms with Crippen LogP contribution in [0.25, 0.3) is 0 Å². The summed E-state index contributed by atoms with van der Waals surface area (Å²) in [5.41, 5.74) is 0.541. The Kier molecular flexibility index (Phi) is 5.96. The number of urea groups is 1. The zero-order valence-electron chi connectivity index (χ0n) is 17.6. The van der Waals surface area contributed by atoms with Crippen LogP contribution in [0.15, 0.2) is 24.3 Å². The number of rotatable bonds is 6. The number of ether oxygens (including phenoxy) is 1. The Labute approximate surface area is 193 Å². The highest BCUT2D eigenvalue weighted by atomic mass is 35.5. The third-order valence-corrected chi connectivity index (χ3v) is 7.11. The lowest BCUT2D eigenvalue weighted by molar-refractivity contribution is -0.133. The van der Waals surface area contributed by atoms with E-state index in [1.807, 2.05) is 0 Å². The molecular formula is C22H22ClN3O5S. The van der Waals surface area contributed by atoms with Crippen molar-refractivity contribution in [3.8, 4) is 0 Å². The number of hydrogen-bond acceptors (Lipinski definition) is 6. The molecule has 4 rings (SSSR count). The van der Waals surface area contributed by atoms with Crippen LogP contribution in [0.5, 0.6) is 0 Å². The molecule has 1 aromatic heterocycles. The number of amides is 4. The first-order valence-corrected chi connectivity index (χ1v) is 11.5. The summed E-state index contributed by atoms with van der Waals surface area (Å²) in [5, 5.41) is 6.26. The van der Waals surface area contributed by atoms with E-state index in [0.717, 1.165) is 34.6 Å². The first-order valence-electron chi connectivity index (χ1n) is 10.3. The van der Waals surface area contributed by atoms with E-state index in [9.17, 15) is 19.2 Å². The monoisotopic (exact) mass is 475 g/mol. The Morgan fingerprint density at radius 3 is 2.66 bits per heavy atom. The number of carbonyl (C=O) groups is 4. The van der Waals surface area contributed by atoms with Crippen LogP contribution < -0.4 is 10.6 Å². The van der Waals surface area contributed by atoms with Crippen molar-refractivity contribution in [1.29, 1.82) is 0 Å². The number of nitrogens with zero attached hydrogens (tertiary/aromatic N) is 1. The van der Waals surface area contributed by atoms with Gasteiger partial charge >= 0.3 is 12.0 Å². The van der Waals surface area contributed by atoms with Gasteiger partial charge in [0, 0.05) is 9.90 Å². The number of nitrogens with one attached hydrogen (secondary N) is 2. The fourth-order valence-corrected chi connectivity index (χ4v) is 5.46. The minimum Gasteiger partial charge on any atom is -0.462 e. The zero-order valence-corrected chi connectivity index (χ0v) is 19.2. The minimum atomic E-state index is -1.30. The average Bonchev–Trinajstić information content (AvgIpc) is 3.37. The number of esters is 1. The molecule has 1 aliphatic carbocycles. The molecule has 10 heteroatoms. The summed E-state index contributed by atoms with van der Waals surface area (Å²) in [5.74, 6) is -1.59. The molecule has 168 valence electrons. The summed E-state index contributed by atoms with van der Waals surface area (Å²) in [7, 11) is 0. The van der Waals surface area contributed by atoms with Crippen LogP contribution in [0.3, 0.4) is 0 Å². The predicted octanol–water partition coefficient (Wildman–Crippen LogP) is 3.47. The van der Waals surface area contributed by atoms with E-state index in [1.165, 1.54) is 11.3 Å². The Hall–Kier alpha value is -2.91. The van der Waals surface area contributed by atoms with Gasteiger partial charge in [0.1, 0.15) is 17.1 Å². The molecular weight excluding hydrogens is 454 g/mol. The molecule has 32 heavy (non-hydrogen) atoms. The first kappa shape index (κ1) is 22.3. The Morgan fingerprint density at radius 2 is 1.97 bits per heavy atom. The fourth-order valence-electron chi connectivity index (χ4n) is 4.04. The number of imide groups is 1. The van der Waals surface area contributed by atoms with E-state index in [4.69, 9.17) is 16.3 Å². The highest BCUT2D eigenvalue weighted by Gasteiger charge is 2.49. The van der Waals surface area contributed by atoms with Crippen LogP contribution >= 0.6 is 22.9 Å². The van der Waals surface area contributed by atoms with Crippen molar-refractivity contribution in [1.82, 2.24) is 10.2 Å². The molecule has 1 atom stereocenters. The second-order valence-electron chi connectivity index (χ2n) is 7.78. The molecule has 2 heterocycles. The van der Waals surface area contributed by atoms with Crippen molar-refractivity contribution < 1.29 is 23.9 Å². The van der Waals surface area contributed by atoms with Gasteiger partial charge in [-0.1, -0.05) is 23.7 Å². The highest BCUT2D eigenvalue weighted by Crippen LogP contribution is 2.39. The molecule has 2 aromatic rings. The molecule has 1 saturated heterocycles. The number of thiophene rings is 1. The van der Waals surface area contributed by atoms with Crippen molar-refractivity contribution in [2.45, 2.75) is 38.6 Å². The molecule has 4 amide bonds. The normalized spacial score (nSPS) is 19.7. The van der Waals surface area contributed by atoms with Gasteiger partial charge in [0.15, 0.2) is 0 Å². The van der Waals surface area contributed by atoms with Crippen molar-refractivity contribution in [2.24, 2.45) is 0 Å². The van der Waals surface area contributed by atoms with Gasteiger partial charge in [-0.2, -0.15) is 0 Å². The number of fused-ring (bicyclic) bond motifs is 1. The summed E-state index contributed by atoms with van der Waals surface area (Å²) in [6.07, 6.45) is 2.55. The van der Waals surface area contributed by atoms with Crippen LogP contribution in [0.1, 0.15) is 46.6 Å². The lowest BCUT2D eigenvalue weighted by atomic mass is 9.92. The zero-order chi connectivity index (χ0) is 23.0. The molecule has 1 aliphatic heterocycles. The van der Waals surface area contributed by atoms with Gasteiger partial charge in [-0.25, -0.2) is 9.59 Å². The molecule has 2 N–H and O–H groups in total. The summed E-state index contributed by atoms with van der Waals surface area (Å²) in [6, 6.07) is 5.90. The number of hydrogen-bond donors (Lipinski definition) is 2. The molecule has 0 saturated carbocycles. The van der Waals surface area contributed by atoms with E-state index in [2.05, 4.69) is 10.6 Å². The number of aryl methyl sites for hydroxylation is 1. The summed E-state index contributed by atoms with van der Waals surface area (Å²) >= 11 is 7.26. The second-order valence-corrected chi connectivity index (χ2v) is 9.33. The molecule has 1 unspecified atom stereocenters. The van der Waals surface area contributed by atoms with Crippen LogP contribution in [-0.2, 0) is 32.7 Å². The topological polar surface area (TPSA) is 105 Å². The average molecular weight is 476 g/mol. The SMILES string of the molecule is CCOC(=O)c1c(NC(=O)CN2C(=O)NC(C)(c3ccc(Cl)cc3)C2=O)sc2c1CCC2. The molecule has 1 aromatic carbocycles. The van der Waals surface area contributed by atoms with Gasteiger partial charge in [0.25, 0.3) is 5.91 Å². The van der Waals surface area contributed by atoms with Crippen LogP contribution in [0.2, 0.25) is 5.02 Å². The van der Waals surface area contributed by atoms with Gasteiger partial charge in [-0.3, -0.25) is 14.5 Å². The molecule has 1 fully saturated rings. The third kappa shape index (κ3) is 3.86. The quantitative estimate of drug-likeness (QED) is 0.491. The minimum absolute atomic E-state index is 0.225. The standard InChI is InChI=1S/C22H22ClN3O5S/c1-3-31-19(28)17-14-5-4-6-15(14)32-18(17)24-16(27)11-26-20(29)22(2,25-21(26)30)12-7-9-13(23)10-8-12/h7-10H,3-6,11H2,1-2H3,(H,24,27)(H,25,30). The summed E-state index contributed by atoms with van der Waals surface area (Å²) < 4.78 is 5.16. The number of benzene rings is 1. The van der Waals surface area contributed by atoms with Gasteiger partial charge in [0.05, 0.1) is 12.2 Å². The lowest BCUT2D eigenvalue weighted by Crippen LogP contribution is -2.42. The molecule has 8 nitrogen and oxygen atoms in total. The molecule has 0 spiro atoms. The third-order valence-electron chi connectivity index (χ3n) is 5.65. The van der Waals surface area contributed by atoms with Crippen LogP contribution in [0, 0.1) is 0 Å². The highest BCUT2D eigenvalue weighted by molar-refractivity contribution is 7.17. The maximum absolute atomic E-state index is 13.0. The summed E-state index contributed by atoms with van der Waals surface area (Å²) in [6.45, 7) is 3.05. The number of anilines is 1. The lowest BCUT2D eigenvalue weighted by Gasteiger charge is -2.22. The first-order chi connectivity index (χ1) is 15.2. The van der Waals surface area contributed by atoms with Gasteiger partial charge in [-0.15, -0.1) is 11.3 Å². The molecule has 0 bridgehead atoms. The van der Waals surface area contributed by atoms with Crippen LogP contribution in [0.4, 0.5) is 9.80 Å². The largest absolute Gasteiger partial charge is 0.462 e. The Balaban J connectivity index is 1.52. The molecule has 0 radical (unpaired) electrons. The van der Waals surface area contributed by atoms with Gasteiger partial charge in [0.2, 0.25) is 5.91 Å². The van der Waals surface area contributed by atoms with Crippen molar-refractivity contribution in [3.05, 3.63) is 50.9 Å². The van der Waals surface area contributed by atoms with Crippen molar-refractivity contribution >= 4 is 51.8 Å². The number of carbonyl (C=O) groups excluding carboxylic acids is 4. The van der Waals surface area contributed by atoms with Crippen LogP contribution in [-0.4, -0.2) is 41.9 Å². The van der Waals surface area contributed by atoms with Crippen molar-refractivity contribution in [3.63, 3.8) is 0 Å². The van der Waals surface area contributed by atoms with Gasteiger partial charge < -0.3 is 15.4 Å². The van der Waals surface area contributed by atoms with E-state index in [-0.39, 0.29) is 6.61 Å². The summed E-state index contributed by atoms with van der Waals surface area (Å²) in [4.78, 5) is 52.7. The van der Waals surface area contributed by atoms with Gasteiger partial charge in [-0.05, 0) is 56.4 Å². The fraction of sp³-hybridized carbons (Fsp3) is 0.364. The van der Waals surface area contributed by atoms with E-state index >= 15 is 0 Å². The second kappa shape index (κ2) is 8.55. The van der Waals surface area contributed by atoms with E-state index in [0.29, 0.717) is 21.2 Å². The van der Waals surface area contributed by atoms with E-state index < -0.39 is 35.9 Å². The maximum atomic E-state index is 13.0. The van der Waals surface area contributed by atoms with E-state index in [1.54, 1.807) is 38.1 Å². The predicted molar refractivity (Wildman–Crippen MR) is 120 cm³/mol. The number of halogens is 1. The Morgan fingerprint density at radius 1 is 1.25 bits per heavy atom. The smallest absolute Gasteiger partial charge is 0.341 e. The molecule has 2 aliphatic rings. The van der Waals surface area contributed by atoms with Crippen molar-refractivity contribution in [2.75, 3.05) is 18.5 Å². The maximum Gasteiger partial charge on any atom is 0.341 e. The Bertz CT molecular complexity index is 1110.